The van der Waals surface area contributed by atoms with Crippen molar-refractivity contribution in [1.29, 1.82) is 0 Å². The molecule has 0 aromatic carbocycles. The summed E-state index contributed by atoms with van der Waals surface area (Å²) >= 11 is 1.75. The maximum Gasteiger partial charge on any atom is 0.225 e. The molecule has 3 nitrogen and oxygen atoms in total. The van der Waals surface area contributed by atoms with Crippen molar-refractivity contribution >= 4 is 17.2 Å². The van der Waals surface area contributed by atoms with Gasteiger partial charge in [-0.2, -0.15) is 0 Å². The topological polar surface area (TPSA) is 41.1 Å². The Balaban J connectivity index is 1.94. The third-order valence-electron chi connectivity index (χ3n) is 3.40. The van der Waals surface area contributed by atoms with Crippen LogP contribution in [0.1, 0.15) is 29.6 Å². The molecule has 1 aromatic rings. The molecule has 2 N–H and O–H groups in total. The van der Waals surface area contributed by atoms with Crippen LogP contribution in [0, 0.1) is 18.8 Å². The molecule has 4 heteroatoms. The lowest BCUT2D eigenvalue weighted by molar-refractivity contribution is -0.126. The highest BCUT2D eigenvalue weighted by molar-refractivity contribution is 7.12. The Bertz CT molecular complexity index is 402. The first kappa shape index (κ1) is 12.6. The Kier molecular flexibility index (Phi) is 3.84. The van der Waals surface area contributed by atoms with Crippen LogP contribution in [0.4, 0.5) is 0 Å². The van der Waals surface area contributed by atoms with Crippen LogP contribution in [0.3, 0.4) is 0 Å². The van der Waals surface area contributed by atoms with Crippen molar-refractivity contribution in [1.82, 2.24) is 10.6 Å². The van der Waals surface area contributed by atoms with Crippen LogP contribution in [0.25, 0.3) is 0 Å². The summed E-state index contributed by atoms with van der Waals surface area (Å²) in [6.45, 7) is 8.03. The molecular formula is C13H20N2OS. The molecule has 1 aliphatic heterocycles. The molecular weight excluding hydrogens is 232 g/mol. The number of aryl methyl sites for hydroxylation is 1. The molecule has 94 valence electrons. The number of carbonyl (C=O) groups is 1. The van der Waals surface area contributed by atoms with Crippen molar-refractivity contribution in [3.05, 3.63) is 21.9 Å². The number of amides is 1. The number of nitrogens with one attached hydrogen (secondary N) is 2. The summed E-state index contributed by atoms with van der Waals surface area (Å²) in [5.74, 6) is 0.742. The van der Waals surface area contributed by atoms with Crippen LogP contribution in [0.15, 0.2) is 12.1 Å². The van der Waals surface area contributed by atoms with E-state index >= 15 is 0 Å². The summed E-state index contributed by atoms with van der Waals surface area (Å²) in [5.41, 5.74) is 0. The van der Waals surface area contributed by atoms with Crippen molar-refractivity contribution < 1.29 is 4.79 Å². The summed E-state index contributed by atoms with van der Waals surface area (Å²) in [6.07, 6.45) is 0. The van der Waals surface area contributed by atoms with Gasteiger partial charge in [-0.1, -0.05) is 6.92 Å². The number of thiophene rings is 1. The van der Waals surface area contributed by atoms with Gasteiger partial charge in [0.15, 0.2) is 0 Å². The molecule has 0 bridgehead atoms. The second kappa shape index (κ2) is 5.19. The molecule has 0 radical (unpaired) electrons. The van der Waals surface area contributed by atoms with Crippen LogP contribution in [0.5, 0.6) is 0 Å². The van der Waals surface area contributed by atoms with Crippen molar-refractivity contribution in [2.24, 2.45) is 11.8 Å². The summed E-state index contributed by atoms with van der Waals surface area (Å²) in [4.78, 5) is 14.6. The van der Waals surface area contributed by atoms with E-state index in [9.17, 15) is 4.79 Å². The molecule has 1 saturated heterocycles. The van der Waals surface area contributed by atoms with E-state index in [0.717, 1.165) is 13.1 Å². The standard InChI is InChI=1S/C13H20N2OS/c1-8-6-14-7-11(8)13(16)15-10(3)12-5-4-9(2)17-12/h4-5,8,10-11,14H,6-7H2,1-3H3,(H,15,16). The van der Waals surface area contributed by atoms with Gasteiger partial charge in [0.05, 0.1) is 12.0 Å². The van der Waals surface area contributed by atoms with Crippen molar-refractivity contribution in [3.63, 3.8) is 0 Å². The average molecular weight is 252 g/mol. The quantitative estimate of drug-likeness (QED) is 0.865. The van der Waals surface area contributed by atoms with E-state index in [4.69, 9.17) is 0 Å². The van der Waals surface area contributed by atoms with Crippen LogP contribution in [-0.2, 0) is 4.79 Å². The summed E-state index contributed by atoms with van der Waals surface area (Å²) in [5, 5.41) is 6.38. The van der Waals surface area contributed by atoms with E-state index in [-0.39, 0.29) is 17.9 Å². The Morgan fingerprint density at radius 3 is 2.82 bits per heavy atom. The fourth-order valence-electron chi connectivity index (χ4n) is 2.24. The van der Waals surface area contributed by atoms with Gasteiger partial charge < -0.3 is 10.6 Å². The van der Waals surface area contributed by atoms with E-state index in [1.807, 2.05) is 0 Å². The Labute approximate surface area is 107 Å². The first-order chi connectivity index (χ1) is 8.08. The fourth-order valence-corrected chi connectivity index (χ4v) is 3.12. The second-order valence-corrected chi connectivity index (χ2v) is 6.24. The molecule has 3 unspecified atom stereocenters. The normalized spacial score (nSPS) is 25.8. The number of hydrogen-bond acceptors (Lipinski definition) is 3. The molecule has 3 atom stereocenters. The molecule has 0 spiro atoms. The third kappa shape index (κ3) is 2.87. The molecule has 1 aliphatic rings. The molecule has 1 amide bonds. The van der Waals surface area contributed by atoms with Crippen molar-refractivity contribution in [3.8, 4) is 0 Å². The molecule has 1 aromatic heterocycles. The van der Waals surface area contributed by atoms with Crippen molar-refractivity contribution in [2.75, 3.05) is 13.1 Å². The predicted octanol–water partition coefficient (Wildman–Crippen LogP) is 2.09. The zero-order chi connectivity index (χ0) is 12.4. The lowest BCUT2D eigenvalue weighted by Gasteiger charge is -2.18. The minimum absolute atomic E-state index is 0.119. The Morgan fingerprint density at radius 2 is 2.29 bits per heavy atom. The summed E-state index contributed by atoms with van der Waals surface area (Å²) in [6, 6.07) is 4.32. The zero-order valence-corrected chi connectivity index (χ0v) is 11.4. The number of carbonyl (C=O) groups excluding carboxylic acids is 1. The third-order valence-corrected chi connectivity index (χ3v) is 4.58. The number of hydrogen-bond donors (Lipinski definition) is 2. The Morgan fingerprint density at radius 1 is 1.53 bits per heavy atom. The van der Waals surface area contributed by atoms with E-state index < -0.39 is 0 Å². The highest BCUT2D eigenvalue weighted by Crippen LogP contribution is 2.23. The van der Waals surface area contributed by atoms with Gasteiger partial charge in [-0.3, -0.25) is 4.79 Å². The SMILES string of the molecule is Cc1ccc(C(C)NC(=O)C2CNCC2C)s1. The molecule has 17 heavy (non-hydrogen) atoms. The highest BCUT2D eigenvalue weighted by atomic mass is 32.1. The van der Waals surface area contributed by atoms with Crippen LogP contribution in [-0.4, -0.2) is 19.0 Å². The zero-order valence-electron chi connectivity index (χ0n) is 10.6. The van der Waals surface area contributed by atoms with Gasteiger partial charge in [0.1, 0.15) is 0 Å². The Hall–Kier alpha value is -0.870. The number of rotatable bonds is 3. The van der Waals surface area contributed by atoms with Gasteiger partial charge in [0.2, 0.25) is 5.91 Å². The summed E-state index contributed by atoms with van der Waals surface area (Å²) in [7, 11) is 0. The lowest BCUT2D eigenvalue weighted by atomic mass is 9.97. The van der Waals surface area contributed by atoms with Gasteiger partial charge >= 0.3 is 0 Å². The average Bonchev–Trinajstić information content (AvgIpc) is 2.86. The van der Waals surface area contributed by atoms with Crippen molar-refractivity contribution in [2.45, 2.75) is 26.8 Å². The van der Waals surface area contributed by atoms with Gasteiger partial charge in [-0.05, 0) is 38.4 Å². The summed E-state index contributed by atoms with van der Waals surface area (Å²) < 4.78 is 0. The van der Waals surface area contributed by atoms with Gasteiger partial charge in [0.25, 0.3) is 0 Å². The van der Waals surface area contributed by atoms with Crippen LogP contribution < -0.4 is 10.6 Å². The maximum atomic E-state index is 12.1. The van der Waals surface area contributed by atoms with Gasteiger partial charge in [0, 0.05) is 16.3 Å². The van der Waals surface area contributed by atoms with Gasteiger partial charge in [-0.15, -0.1) is 11.3 Å². The molecule has 0 saturated carbocycles. The van der Waals surface area contributed by atoms with Gasteiger partial charge in [-0.25, -0.2) is 0 Å². The van der Waals surface area contributed by atoms with E-state index in [1.54, 1.807) is 11.3 Å². The lowest BCUT2D eigenvalue weighted by Crippen LogP contribution is -2.35. The fraction of sp³-hybridized carbons (Fsp3) is 0.615. The van der Waals surface area contributed by atoms with Crippen LogP contribution in [0.2, 0.25) is 0 Å². The minimum Gasteiger partial charge on any atom is -0.348 e. The van der Waals surface area contributed by atoms with E-state index in [1.165, 1.54) is 9.75 Å². The maximum absolute atomic E-state index is 12.1. The molecule has 2 heterocycles. The van der Waals surface area contributed by atoms with E-state index in [2.05, 4.69) is 43.5 Å². The highest BCUT2D eigenvalue weighted by Gasteiger charge is 2.30. The largest absolute Gasteiger partial charge is 0.348 e. The minimum atomic E-state index is 0.119. The molecule has 1 fully saturated rings. The molecule has 0 aliphatic carbocycles. The van der Waals surface area contributed by atoms with Crippen LogP contribution >= 0.6 is 11.3 Å². The smallest absolute Gasteiger partial charge is 0.225 e. The first-order valence-corrected chi connectivity index (χ1v) is 6.97. The van der Waals surface area contributed by atoms with E-state index in [0.29, 0.717) is 5.92 Å². The second-order valence-electron chi connectivity index (χ2n) is 4.92. The predicted molar refractivity (Wildman–Crippen MR) is 71.1 cm³/mol. The molecule has 2 rings (SSSR count). The first-order valence-electron chi connectivity index (χ1n) is 6.15. The monoisotopic (exact) mass is 252 g/mol.